The second-order valence-electron chi connectivity index (χ2n) is 6.31. The first-order valence-electron chi connectivity index (χ1n) is 8.44. The Balaban J connectivity index is 1.63. The Kier molecular flexibility index (Phi) is 4.79. The molecule has 1 unspecified atom stereocenters. The first kappa shape index (κ1) is 17.1. The van der Waals surface area contributed by atoms with Crippen LogP contribution in [-0.4, -0.2) is 34.3 Å². The van der Waals surface area contributed by atoms with Crippen LogP contribution in [0.25, 0.3) is 10.9 Å². The van der Waals surface area contributed by atoms with Crippen LogP contribution in [0.1, 0.15) is 29.9 Å². The van der Waals surface area contributed by atoms with Gasteiger partial charge in [-0.1, -0.05) is 0 Å². The summed E-state index contributed by atoms with van der Waals surface area (Å²) in [5.41, 5.74) is 4.14. The number of aromatic amines is 1. The fraction of sp³-hybridized carbons (Fsp3) is 0.368. The smallest absolute Gasteiger partial charge is 0.244 e. The molecule has 6 heteroatoms. The van der Waals surface area contributed by atoms with E-state index in [0.717, 1.165) is 40.0 Å². The van der Waals surface area contributed by atoms with Crippen molar-refractivity contribution >= 4 is 16.8 Å². The van der Waals surface area contributed by atoms with Crippen molar-refractivity contribution in [1.82, 2.24) is 20.1 Å². The van der Waals surface area contributed by atoms with Gasteiger partial charge in [0.1, 0.15) is 11.8 Å². The normalized spacial score (nSPS) is 12.3. The van der Waals surface area contributed by atoms with Crippen LogP contribution in [0, 0.1) is 13.8 Å². The number of fused-ring (bicyclic) bond motifs is 1. The van der Waals surface area contributed by atoms with Crippen LogP contribution in [0.3, 0.4) is 0 Å². The predicted octanol–water partition coefficient (Wildman–Crippen LogP) is 2.91. The summed E-state index contributed by atoms with van der Waals surface area (Å²) in [5, 5.41) is 8.52. The van der Waals surface area contributed by atoms with E-state index in [4.69, 9.17) is 4.74 Å². The second-order valence-corrected chi connectivity index (χ2v) is 6.31. The van der Waals surface area contributed by atoms with E-state index in [9.17, 15) is 4.79 Å². The molecule has 0 radical (unpaired) electrons. The molecule has 0 spiro atoms. The molecule has 3 aromatic rings. The van der Waals surface area contributed by atoms with Gasteiger partial charge in [0.15, 0.2) is 0 Å². The summed E-state index contributed by atoms with van der Waals surface area (Å²) in [4.78, 5) is 15.7. The lowest BCUT2D eigenvalue weighted by atomic mass is 10.1. The second kappa shape index (κ2) is 7.01. The van der Waals surface area contributed by atoms with Crippen molar-refractivity contribution in [3.8, 4) is 5.75 Å². The zero-order valence-electron chi connectivity index (χ0n) is 15.1. The minimum absolute atomic E-state index is 0.0244. The number of amides is 1. The molecule has 0 fully saturated rings. The van der Waals surface area contributed by atoms with Gasteiger partial charge in [0.25, 0.3) is 0 Å². The Morgan fingerprint density at radius 3 is 2.84 bits per heavy atom. The number of hydrogen-bond acceptors (Lipinski definition) is 3. The molecular weight excluding hydrogens is 316 g/mol. The molecule has 0 saturated heterocycles. The van der Waals surface area contributed by atoms with Crippen LogP contribution in [0.4, 0.5) is 0 Å². The summed E-state index contributed by atoms with van der Waals surface area (Å²) in [7, 11) is 1.66. The molecule has 1 amide bonds. The zero-order chi connectivity index (χ0) is 18.0. The SMILES string of the molecule is COc1ccc2[nH]cc(CCNC(=O)C(C)n3nc(C)cc3C)c2c1. The van der Waals surface area contributed by atoms with Gasteiger partial charge in [0.2, 0.25) is 5.91 Å². The summed E-state index contributed by atoms with van der Waals surface area (Å²) >= 11 is 0. The third kappa shape index (κ3) is 3.52. The van der Waals surface area contributed by atoms with E-state index in [1.807, 2.05) is 51.2 Å². The molecule has 0 saturated carbocycles. The maximum Gasteiger partial charge on any atom is 0.244 e. The van der Waals surface area contributed by atoms with Crippen molar-refractivity contribution in [2.75, 3.05) is 13.7 Å². The fourth-order valence-electron chi connectivity index (χ4n) is 3.11. The Hall–Kier alpha value is -2.76. The number of methoxy groups -OCH3 is 1. The third-order valence-corrected chi connectivity index (χ3v) is 4.46. The van der Waals surface area contributed by atoms with Crippen LogP contribution in [0.2, 0.25) is 0 Å². The number of carbonyl (C=O) groups excluding carboxylic acids is 1. The monoisotopic (exact) mass is 340 g/mol. The summed E-state index contributed by atoms with van der Waals surface area (Å²) in [6.07, 6.45) is 2.74. The number of rotatable bonds is 6. The maximum atomic E-state index is 12.4. The van der Waals surface area contributed by atoms with E-state index < -0.39 is 0 Å². The minimum atomic E-state index is -0.322. The lowest BCUT2D eigenvalue weighted by Gasteiger charge is -2.14. The van der Waals surface area contributed by atoms with Crippen LogP contribution in [-0.2, 0) is 11.2 Å². The molecule has 6 nitrogen and oxygen atoms in total. The number of H-pyrrole nitrogens is 1. The Bertz CT molecular complexity index is 894. The van der Waals surface area contributed by atoms with Crippen molar-refractivity contribution in [2.45, 2.75) is 33.2 Å². The molecule has 2 heterocycles. The molecule has 3 rings (SSSR count). The molecule has 0 aliphatic carbocycles. The van der Waals surface area contributed by atoms with Gasteiger partial charge in [0.05, 0.1) is 12.8 Å². The van der Waals surface area contributed by atoms with Gasteiger partial charge in [-0.05, 0) is 57.0 Å². The highest BCUT2D eigenvalue weighted by molar-refractivity contribution is 5.85. The summed E-state index contributed by atoms with van der Waals surface area (Å²) in [6, 6.07) is 7.60. The van der Waals surface area contributed by atoms with E-state index in [0.29, 0.717) is 6.54 Å². The maximum absolute atomic E-state index is 12.4. The average molecular weight is 340 g/mol. The van der Waals surface area contributed by atoms with Gasteiger partial charge in [-0.15, -0.1) is 0 Å². The average Bonchev–Trinajstić information content (AvgIpc) is 3.16. The summed E-state index contributed by atoms with van der Waals surface area (Å²) < 4.78 is 7.05. The first-order chi connectivity index (χ1) is 12.0. The molecule has 2 N–H and O–H groups in total. The van der Waals surface area contributed by atoms with E-state index >= 15 is 0 Å². The first-order valence-corrected chi connectivity index (χ1v) is 8.44. The standard InChI is InChI=1S/C19H24N4O2/c1-12-9-13(2)23(22-12)14(3)19(24)20-8-7-15-11-21-18-6-5-16(25-4)10-17(15)18/h5-6,9-11,14,21H,7-8H2,1-4H3,(H,20,24). The van der Waals surface area contributed by atoms with Crippen LogP contribution in [0.5, 0.6) is 5.75 Å². The molecule has 1 aromatic carbocycles. The van der Waals surface area contributed by atoms with E-state index in [2.05, 4.69) is 15.4 Å². The van der Waals surface area contributed by atoms with E-state index in [1.165, 1.54) is 0 Å². The number of benzene rings is 1. The van der Waals surface area contributed by atoms with E-state index in [1.54, 1.807) is 11.8 Å². The Labute approximate surface area is 147 Å². The molecular formula is C19H24N4O2. The molecule has 1 atom stereocenters. The zero-order valence-corrected chi connectivity index (χ0v) is 15.1. The number of nitrogens with zero attached hydrogens (tertiary/aromatic N) is 2. The van der Waals surface area contributed by atoms with Crippen molar-refractivity contribution in [3.05, 3.63) is 47.4 Å². The number of ether oxygens (including phenoxy) is 1. The van der Waals surface area contributed by atoms with Gasteiger partial charge in [-0.25, -0.2) is 0 Å². The van der Waals surface area contributed by atoms with Crippen LogP contribution >= 0.6 is 0 Å². The minimum Gasteiger partial charge on any atom is -0.497 e. The van der Waals surface area contributed by atoms with E-state index in [-0.39, 0.29) is 11.9 Å². The molecule has 0 aliphatic heterocycles. The molecule has 25 heavy (non-hydrogen) atoms. The molecule has 2 aromatic heterocycles. The van der Waals surface area contributed by atoms with Crippen molar-refractivity contribution in [1.29, 1.82) is 0 Å². The molecule has 0 aliphatic rings. The molecule has 0 bridgehead atoms. The van der Waals surface area contributed by atoms with Gasteiger partial charge in [0, 0.05) is 29.3 Å². The lowest BCUT2D eigenvalue weighted by Crippen LogP contribution is -2.33. The quantitative estimate of drug-likeness (QED) is 0.725. The largest absolute Gasteiger partial charge is 0.497 e. The molecule has 132 valence electrons. The fourth-order valence-corrected chi connectivity index (χ4v) is 3.11. The topological polar surface area (TPSA) is 71.9 Å². The van der Waals surface area contributed by atoms with Crippen molar-refractivity contribution in [3.63, 3.8) is 0 Å². The highest BCUT2D eigenvalue weighted by Crippen LogP contribution is 2.23. The number of aryl methyl sites for hydroxylation is 2. The van der Waals surface area contributed by atoms with Gasteiger partial charge >= 0.3 is 0 Å². The van der Waals surface area contributed by atoms with Crippen LogP contribution < -0.4 is 10.1 Å². The van der Waals surface area contributed by atoms with Gasteiger partial charge in [-0.3, -0.25) is 9.48 Å². The van der Waals surface area contributed by atoms with Crippen molar-refractivity contribution in [2.24, 2.45) is 0 Å². The van der Waals surface area contributed by atoms with Gasteiger partial charge < -0.3 is 15.0 Å². The number of carbonyl (C=O) groups is 1. The predicted molar refractivity (Wildman–Crippen MR) is 98.0 cm³/mol. The summed E-state index contributed by atoms with van der Waals surface area (Å²) in [6.45, 7) is 6.33. The number of nitrogens with one attached hydrogen (secondary N) is 2. The number of hydrogen-bond donors (Lipinski definition) is 2. The van der Waals surface area contributed by atoms with Crippen molar-refractivity contribution < 1.29 is 9.53 Å². The van der Waals surface area contributed by atoms with Crippen LogP contribution in [0.15, 0.2) is 30.5 Å². The van der Waals surface area contributed by atoms with Gasteiger partial charge in [-0.2, -0.15) is 5.10 Å². The third-order valence-electron chi connectivity index (χ3n) is 4.46. The Morgan fingerprint density at radius 2 is 2.16 bits per heavy atom. The summed E-state index contributed by atoms with van der Waals surface area (Å²) in [5.74, 6) is 0.805. The highest BCUT2D eigenvalue weighted by Gasteiger charge is 2.17. The highest BCUT2D eigenvalue weighted by atomic mass is 16.5. The lowest BCUT2D eigenvalue weighted by molar-refractivity contribution is -0.124. The Morgan fingerprint density at radius 1 is 1.36 bits per heavy atom. The number of aromatic nitrogens is 3.